The van der Waals surface area contributed by atoms with Gasteiger partial charge in [0, 0.05) is 23.2 Å². The first-order valence-electron chi connectivity index (χ1n) is 11.7. The highest BCUT2D eigenvalue weighted by molar-refractivity contribution is 5.83. The SMILES string of the molecule is COc1ccc(-c2nc(-c3ccccc3C)n(Cc3ccccc3)c2-c2ccc(OC)cc2)cc1. The molecule has 174 valence electrons. The van der Waals surface area contributed by atoms with Crippen molar-refractivity contribution in [1.29, 1.82) is 0 Å². The van der Waals surface area contributed by atoms with Gasteiger partial charge in [0.1, 0.15) is 17.3 Å². The van der Waals surface area contributed by atoms with Crippen molar-refractivity contribution in [2.24, 2.45) is 0 Å². The molecule has 0 N–H and O–H groups in total. The summed E-state index contributed by atoms with van der Waals surface area (Å²) in [5.41, 5.74) is 7.66. The second-order valence-corrected chi connectivity index (χ2v) is 8.48. The van der Waals surface area contributed by atoms with E-state index in [0.717, 1.165) is 45.4 Å². The zero-order valence-electron chi connectivity index (χ0n) is 20.2. The van der Waals surface area contributed by atoms with Crippen molar-refractivity contribution in [3.05, 3.63) is 114 Å². The molecule has 1 heterocycles. The van der Waals surface area contributed by atoms with Crippen molar-refractivity contribution in [3.63, 3.8) is 0 Å². The fourth-order valence-corrected chi connectivity index (χ4v) is 4.39. The van der Waals surface area contributed by atoms with E-state index in [1.54, 1.807) is 14.2 Å². The Morgan fingerprint density at radius 3 is 1.83 bits per heavy atom. The molecule has 0 fully saturated rings. The Balaban J connectivity index is 1.79. The van der Waals surface area contributed by atoms with Crippen LogP contribution in [0.15, 0.2) is 103 Å². The average molecular weight is 461 g/mol. The van der Waals surface area contributed by atoms with Gasteiger partial charge in [-0.2, -0.15) is 0 Å². The number of nitrogens with zero attached hydrogens (tertiary/aromatic N) is 2. The third-order valence-corrected chi connectivity index (χ3v) is 6.26. The van der Waals surface area contributed by atoms with Gasteiger partial charge in [0.25, 0.3) is 0 Å². The van der Waals surface area contributed by atoms with Crippen LogP contribution in [0.3, 0.4) is 0 Å². The molecule has 0 atom stereocenters. The highest BCUT2D eigenvalue weighted by atomic mass is 16.5. The van der Waals surface area contributed by atoms with Crippen LogP contribution in [0, 0.1) is 6.92 Å². The fourth-order valence-electron chi connectivity index (χ4n) is 4.39. The molecule has 4 heteroatoms. The van der Waals surface area contributed by atoms with Gasteiger partial charge in [-0.25, -0.2) is 4.98 Å². The lowest BCUT2D eigenvalue weighted by atomic mass is 10.0. The summed E-state index contributed by atoms with van der Waals surface area (Å²) in [6.07, 6.45) is 0. The number of rotatable bonds is 7. The topological polar surface area (TPSA) is 36.3 Å². The van der Waals surface area contributed by atoms with E-state index in [4.69, 9.17) is 14.5 Å². The maximum Gasteiger partial charge on any atom is 0.141 e. The average Bonchev–Trinajstić information content (AvgIpc) is 3.28. The van der Waals surface area contributed by atoms with Crippen LogP contribution in [-0.2, 0) is 6.54 Å². The molecule has 5 rings (SSSR count). The highest BCUT2D eigenvalue weighted by Gasteiger charge is 2.22. The molecule has 0 radical (unpaired) electrons. The van der Waals surface area contributed by atoms with Crippen molar-refractivity contribution in [2.75, 3.05) is 14.2 Å². The van der Waals surface area contributed by atoms with E-state index in [0.29, 0.717) is 6.54 Å². The van der Waals surface area contributed by atoms with Crippen LogP contribution in [0.1, 0.15) is 11.1 Å². The molecular weight excluding hydrogens is 432 g/mol. The standard InChI is InChI=1S/C31H28N2O2/c1-22-9-7-8-12-28(22)31-32-29(24-13-17-26(34-2)18-14-24)30(25-15-19-27(35-3)20-16-25)33(31)21-23-10-5-4-6-11-23/h4-20H,21H2,1-3H3. The van der Waals surface area contributed by atoms with Crippen LogP contribution in [0.25, 0.3) is 33.9 Å². The second kappa shape index (κ2) is 9.90. The molecule has 0 unspecified atom stereocenters. The molecule has 0 aliphatic carbocycles. The van der Waals surface area contributed by atoms with Crippen LogP contribution in [-0.4, -0.2) is 23.8 Å². The number of imidazole rings is 1. The maximum atomic E-state index is 5.43. The quantitative estimate of drug-likeness (QED) is 0.256. The van der Waals surface area contributed by atoms with Crippen molar-refractivity contribution in [2.45, 2.75) is 13.5 Å². The zero-order chi connectivity index (χ0) is 24.2. The van der Waals surface area contributed by atoms with Gasteiger partial charge in [0.15, 0.2) is 0 Å². The van der Waals surface area contributed by atoms with Crippen molar-refractivity contribution >= 4 is 0 Å². The van der Waals surface area contributed by atoms with Gasteiger partial charge in [0.2, 0.25) is 0 Å². The normalized spacial score (nSPS) is 10.8. The molecule has 0 saturated carbocycles. The Bertz CT molecular complexity index is 1420. The molecule has 0 bridgehead atoms. The predicted molar refractivity (Wildman–Crippen MR) is 142 cm³/mol. The van der Waals surface area contributed by atoms with Gasteiger partial charge in [-0.15, -0.1) is 0 Å². The fraction of sp³-hybridized carbons (Fsp3) is 0.129. The van der Waals surface area contributed by atoms with Gasteiger partial charge < -0.3 is 14.0 Å². The van der Waals surface area contributed by atoms with Crippen LogP contribution >= 0.6 is 0 Å². The minimum Gasteiger partial charge on any atom is -0.497 e. The third-order valence-electron chi connectivity index (χ3n) is 6.26. The molecule has 4 aromatic carbocycles. The van der Waals surface area contributed by atoms with Gasteiger partial charge in [-0.05, 0) is 66.6 Å². The van der Waals surface area contributed by atoms with Crippen LogP contribution < -0.4 is 9.47 Å². The highest BCUT2D eigenvalue weighted by Crippen LogP contribution is 2.38. The summed E-state index contributed by atoms with van der Waals surface area (Å²) in [7, 11) is 3.37. The van der Waals surface area contributed by atoms with E-state index in [1.807, 2.05) is 30.3 Å². The smallest absolute Gasteiger partial charge is 0.141 e. The molecule has 35 heavy (non-hydrogen) atoms. The van der Waals surface area contributed by atoms with E-state index in [2.05, 4.69) is 84.3 Å². The minimum atomic E-state index is 0.703. The molecule has 1 aromatic heterocycles. The number of aromatic nitrogens is 2. The van der Waals surface area contributed by atoms with Crippen LogP contribution in [0.5, 0.6) is 11.5 Å². The lowest BCUT2D eigenvalue weighted by molar-refractivity contribution is 0.414. The summed E-state index contributed by atoms with van der Waals surface area (Å²) in [5.74, 6) is 2.60. The Morgan fingerprint density at radius 1 is 0.657 bits per heavy atom. The molecule has 0 aliphatic heterocycles. The first-order chi connectivity index (χ1) is 17.2. The van der Waals surface area contributed by atoms with E-state index < -0.39 is 0 Å². The largest absolute Gasteiger partial charge is 0.497 e. The first kappa shape index (κ1) is 22.5. The summed E-state index contributed by atoms with van der Waals surface area (Å²) in [6.45, 7) is 2.84. The maximum absolute atomic E-state index is 5.43. The molecule has 0 saturated heterocycles. The van der Waals surface area contributed by atoms with Gasteiger partial charge in [0.05, 0.1) is 25.6 Å². The molecule has 0 spiro atoms. The van der Waals surface area contributed by atoms with E-state index in [-0.39, 0.29) is 0 Å². The summed E-state index contributed by atoms with van der Waals surface area (Å²) < 4.78 is 13.2. The third kappa shape index (κ3) is 4.56. The lowest BCUT2D eigenvalue weighted by Gasteiger charge is -2.15. The van der Waals surface area contributed by atoms with Gasteiger partial charge in [-0.1, -0.05) is 54.6 Å². The Kier molecular flexibility index (Phi) is 6.36. The number of hydrogen-bond donors (Lipinski definition) is 0. The van der Waals surface area contributed by atoms with Gasteiger partial charge >= 0.3 is 0 Å². The summed E-state index contributed by atoms with van der Waals surface area (Å²) in [6, 6.07) is 35.3. The zero-order valence-corrected chi connectivity index (χ0v) is 20.2. The van der Waals surface area contributed by atoms with Gasteiger partial charge in [-0.3, -0.25) is 0 Å². The van der Waals surface area contributed by atoms with Crippen LogP contribution in [0.2, 0.25) is 0 Å². The van der Waals surface area contributed by atoms with E-state index >= 15 is 0 Å². The predicted octanol–water partition coefficient (Wildman–Crippen LogP) is 7.26. The van der Waals surface area contributed by atoms with Crippen molar-refractivity contribution in [1.82, 2.24) is 9.55 Å². The molecule has 0 amide bonds. The number of aryl methyl sites for hydroxylation is 1. The minimum absolute atomic E-state index is 0.703. The monoisotopic (exact) mass is 460 g/mol. The van der Waals surface area contributed by atoms with E-state index in [9.17, 15) is 0 Å². The molecule has 5 aromatic rings. The van der Waals surface area contributed by atoms with Crippen molar-refractivity contribution in [3.8, 4) is 45.4 Å². The Morgan fingerprint density at radius 2 is 1.23 bits per heavy atom. The molecule has 4 nitrogen and oxygen atoms in total. The van der Waals surface area contributed by atoms with Crippen molar-refractivity contribution < 1.29 is 9.47 Å². The van der Waals surface area contributed by atoms with E-state index in [1.165, 1.54) is 11.1 Å². The number of benzene rings is 4. The first-order valence-corrected chi connectivity index (χ1v) is 11.7. The Hall–Kier alpha value is -4.31. The lowest BCUT2D eigenvalue weighted by Crippen LogP contribution is -2.05. The molecular formula is C31H28N2O2. The summed E-state index contributed by atoms with van der Waals surface area (Å²) >= 11 is 0. The number of ether oxygens (including phenoxy) is 2. The second-order valence-electron chi connectivity index (χ2n) is 8.48. The number of methoxy groups -OCH3 is 2. The van der Waals surface area contributed by atoms with Crippen LogP contribution in [0.4, 0.5) is 0 Å². The number of hydrogen-bond acceptors (Lipinski definition) is 3. The summed E-state index contributed by atoms with van der Waals surface area (Å²) in [4.78, 5) is 5.27. The Labute approximate surface area is 206 Å². The molecule has 0 aliphatic rings. The summed E-state index contributed by atoms with van der Waals surface area (Å²) in [5, 5.41) is 0.